The van der Waals surface area contributed by atoms with Gasteiger partial charge in [-0.15, -0.1) is 11.3 Å². The Morgan fingerprint density at radius 3 is 2.30 bits per heavy atom. The van der Waals surface area contributed by atoms with Crippen LogP contribution >= 0.6 is 11.3 Å². The summed E-state index contributed by atoms with van der Waals surface area (Å²) in [5, 5.41) is 8.62. The van der Waals surface area contributed by atoms with Crippen molar-refractivity contribution < 1.29 is 13.2 Å². The molecule has 0 fully saturated rings. The van der Waals surface area contributed by atoms with Gasteiger partial charge in [0.05, 0.1) is 15.5 Å². The van der Waals surface area contributed by atoms with E-state index in [0.29, 0.717) is 16.3 Å². The number of hydrogen-bond acceptors (Lipinski definition) is 5. The molecule has 0 aliphatic carbocycles. The quantitative estimate of drug-likeness (QED) is 0.489. The monoisotopic (exact) mass is 399 g/mol. The Labute approximate surface area is 161 Å². The van der Waals surface area contributed by atoms with Gasteiger partial charge in [0.2, 0.25) is 0 Å². The summed E-state index contributed by atoms with van der Waals surface area (Å²) in [7, 11) is -3.71. The van der Waals surface area contributed by atoms with E-state index in [9.17, 15) is 13.2 Å². The molecule has 0 atom stereocenters. The molecule has 0 unspecified atom stereocenters. The van der Waals surface area contributed by atoms with Gasteiger partial charge >= 0.3 is 0 Å². The maximum atomic E-state index is 12.2. The maximum Gasteiger partial charge on any atom is 0.276 e. The molecule has 0 bridgehead atoms. The highest BCUT2D eigenvalue weighted by molar-refractivity contribution is 7.89. The van der Waals surface area contributed by atoms with Gasteiger partial charge in [-0.25, -0.2) is 0 Å². The van der Waals surface area contributed by atoms with Gasteiger partial charge in [-0.2, -0.15) is 18.4 Å². The highest BCUT2D eigenvalue weighted by Gasteiger charge is 2.12. The third kappa shape index (κ3) is 4.81. The lowest BCUT2D eigenvalue weighted by Gasteiger charge is -2.07. The van der Waals surface area contributed by atoms with Crippen LogP contribution in [-0.4, -0.2) is 20.0 Å². The van der Waals surface area contributed by atoms with Gasteiger partial charge in [-0.1, -0.05) is 36.4 Å². The van der Waals surface area contributed by atoms with Crippen LogP contribution in [0, 0.1) is 0 Å². The van der Waals surface area contributed by atoms with Crippen molar-refractivity contribution >= 4 is 38.7 Å². The number of anilines is 1. The summed E-state index contributed by atoms with van der Waals surface area (Å²) >= 11 is 1.37. The first kappa shape index (κ1) is 18.8. The Bertz CT molecular complexity index is 1040. The lowest BCUT2D eigenvalue weighted by atomic mass is 10.1. The smallest absolute Gasteiger partial charge is 0.276 e. The summed E-state index contributed by atoms with van der Waals surface area (Å²) in [6, 6.07) is 18.6. The molecule has 0 saturated carbocycles. The van der Waals surface area contributed by atoms with Crippen LogP contribution in [0.1, 0.15) is 22.2 Å². The second-order valence-electron chi connectivity index (χ2n) is 5.61. The number of carbonyl (C=O) groups excluding carboxylic acids is 1. The van der Waals surface area contributed by atoms with E-state index in [0.717, 1.165) is 5.56 Å². The van der Waals surface area contributed by atoms with Crippen molar-refractivity contribution in [3.63, 3.8) is 0 Å². The summed E-state index contributed by atoms with van der Waals surface area (Å²) in [5.74, 6) is -0.168. The van der Waals surface area contributed by atoms with E-state index in [2.05, 4.69) is 15.2 Å². The van der Waals surface area contributed by atoms with Crippen LogP contribution in [0.4, 0.5) is 5.69 Å². The standard InChI is InChI=1S/C19H17N3O3S2/c1-14(21-22-27(24,25)17-6-3-2-4-7-17)15-9-11-16(12-10-15)20-19(23)18-8-5-13-26-18/h2-13,22H,1H3,(H,20,23). The summed E-state index contributed by atoms with van der Waals surface area (Å²) in [6.07, 6.45) is 0. The van der Waals surface area contributed by atoms with Crippen LogP contribution in [0.5, 0.6) is 0 Å². The van der Waals surface area contributed by atoms with Gasteiger partial charge in [0, 0.05) is 5.69 Å². The largest absolute Gasteiger partial charge is 0.321 e. The van der Waals surface area contributed by atoms with E-state index < -0.39 is 10.0 Å². The number of rotatable bonds is 6. The molecule has 1 amide bonds. The fourth-order valence-corrected chi connectivity index (χ4v) is 3.74. The number of hydrogen-bond donors (Lipinski definition) is 2. The maximum absolute atomic E-state index is 12.2. The van der Waals surface area contributed by atoms with Crippen molar-refractivity contribution in [3.05, 3.63) is 82.6 Å². The first-order valence-corrected chi connectivity index (χ1v) is 10.4. The molecule has 3 aromatic rings. The summed E-state index contributed by atoms with van der Waals surface area (Å²) in [6.45, 7) is 1.70. The predicted octanol–water partition coefficient (Wildman–Crippen LogP) is 3.70. The van der Waals surface area contributed by atoms with Gasteiger partial charge < -0.3 is 5.32 Å². The number of hydrazone groups is 1. The third-order valence-corrected chi connectivity index (χ3v) is 5.79. The molecule has 6 nitrogen and oxygen atoms in total. The van der Waals surface area contributed by atoms with E-state index in [1.165, 1.54) is 23.5 Å². The van der Waals surface area contributed by atoms with E-state index >= 15 is 0 Å². The molecule has 2 N–H and O–H groups in total. The zero-order chi connectivity index (χ0) is 19.3. The zero-order valence-corrected chi connectivity index (χ0v) is 16.0. The fraction of sp³-hybridized carbons (Fsp3) is 0.0526. The fourth-order valence-electron chi connectivity index (χ4n) is 2.24. The van der Waals surface area contributed by atoms with Crippen LogP contribution in [0.3, 0.4) is 0 Å². The van der Waals surface area contributed by atoms with Gasteiger partial charge in [-0.3, -0.25) is 4.79 Å². The third-order valence-electron chi connectivity index (χ3n) is 3.69. The van der Waals surface area contributed by atoms with Crippen molar-refractivity contribution in [3.8, 4) is 0 Å². The van der Waals surface area contributed by atoms with E-state index in [-0.39, 0.29) is 10.8 Å². The predicted molar refractivity (Wildman–Crippen MR) is 108 cm³/mol. The second kappa shape index (κ2) is 8.15. The minimum Gasteiger partial charge on any atom is -0.321 e. The van der Waals surface area contributed by atoms with Crippen molar-refractivity contribution in [2.75, 3.05) is 5.32 Å². The Balaban J connectivity index is 1.67. The SMILES string of the molecule is CC(=NNS(=O)(=O)c1ccccc1)c1ccc(NC(=O)c2cccs2)cc1. The van der Waals surface area contributed by atoms with Crippen molar-refractivity contribution in [2.24, 2.45) is 5.10 Å². The van der Waals surface area contributed by atoms with Crippen LogP contribution in [0.15, 0.2) is 82.1 Å². The summed E-state index contributed by atoms with van der Waals surface area (Å²) in [5.41, 5.74) is 1.89. The number of thiophene rings is 1. The van der Waals surface area contributed by atoms with Gasteiger partial charge in [0.15, 0.2) is 0 Å². The number of carbonyl (C=O) groups is 1. The normalized spacial score (nSPS) is 11.8. The first-order chi connectivity index (χ1) is 13.0. The Kier molecular flexibility index (Phi) is 5.68. The molecule has 1 aromatic heterocycles. The molecule has 8 heteroatoms. The molecule has 3 rings (SSSR count). The molecule has 0 spiro atoms. The van der Waals surface area contributed by atoms with Gasteiger partial charge in [0.1, 0.15) is 0 Å². The lowest BCUT2D eigenvalue weighted by molar-refractivity contribution is 0.103. The molecule has 138 valence electrons. The van der Waals surface area contributed by atoms with Crippen LogP contribution < -0.4 is 10.1 Å². The van der Waals surface area contributed by atoms with Gasteiger partial charge in [-0.05, 0) is 48.2 Å². The number of amides is 1. The Morgan fingerprint density at radius 2 is 1.67 bits per heavy atom. The van der Waals surface area contributed by atoms with E-state index in [4.69, 9.17) is 0 Å². The molecule has 27 heavy (non-hydrogen) atoms. The minimum absolute atomic E-state index is 0.146. The zero-order valence-electron chi connectivity index (χ0n) is 14.4. The Hall–Kier alpha value is -2.97. The molecule has 1 heterocycles. The lowest BCUT2D eigenvalue weighted by Crippen LogP contribution is -2.19. The van der Waals surface area contributed by atoms with Crippen LogP contribution in [0.2, 0.25) is 0 Å². The average molecular weight is 399 g/mol. The van der Waals surface area contributed by atoms with Gasteiger partial charge in [0.25, 0.3) is 15.9 Å². The number of nitrogens with zero attached hydrogens (tertiary/aromatic N) is 1. The Morgan fingerprint density at radius 1 is 0.963 bits per heavy atom. The summed E-state index contributed by atoms with van der Waals surface area (Å²) in [4.78, 5) is 15.0. The summed E-state index contributed by atoms with van der Waals surface area (Å²) < 4.78 is 24.4. The minimum atomic E-state index is -3.71. The van der Waals surface area contributed by atoms with Crippen LogP contribution in [0.25, 0.3) is 0 Å². The molecule has 0 aliphatic heterocycles. The van der Waals surface area contributed by atoms with Crippen molar-refractivity contribution in [1.82, 2.24) is 4.83 Å². The first-order valence-electron chi connectivity index (χ1n) is 8.02. The molecular weight excluding hydrogens is 382 g/mol. The topological polar surface area (TPSA) is 87.6 Å². The molecule has 0 radical (unpaired) electrons. The number of benzene rings is 2. The highest BCUT2D eigenvalue weighted by atomic mass is 32.2. The number of nitrogens with one attached hydrogen (secondary N) is 2. The molecular formula is C19H17N3O3S2. The average Bonchev–Trinajstić information content (AvgIpc) is 3.22. The van der Waals surface area contributed by atoms with Crippen molar-refractivity contribution in [2.45, 2.75) is 11.8 Å². The molecule has 0 aliphatic rings. The highest BCUT2D eigenvalue weighted by Crippen LogP contribution is 2.15. The molecule has 0 saturated heterocycles. The van der Waals surface area contributed by atoms with Crippen LogP contribution in [-0.2, 0) is 10.0 Å². The number of sulfonamides is 1. The van der Waals surface area contributed by atoms with E-state index in [1.807, 2.05) is 11.4 Å². The van der Waals surface area contributed by atoms with Crippen molar-refractivity contribution in [1.29, 1.82) is 0 Å². The van der Waals surface area contributed by atoms with E-state index in [1.54, 1.807) is 55.5 Å². The molecule has 2 aromatic carbocycles. The second-order valence-corrected chi connectivity index (χ2v) is 8.22.